The lowest BCUT2D eigenvalue weighted by atomic mass is 10.1. The monoisotopic (exact) mass is 271 g/mol. The van der Waals surface area contributed by atoms with Crippen LogP contribution in [0.25, 0.3) is 0 Å². The molecule has 1 amide bonds. The SMILES string of the molecule is O=C(Oc1ccccc1)N1CCc2nc[nH]c(=O)c2C1. The van der Waals surface area contributed by atoms with Crippen LogP contribution in [-0.2, 0) is 13.0 Å². The number of para-hydroxylation sites is 1. The molecule has 0 atom stereocenters. The number of nitrogens with zero attached hydrogens (tertiary/aromatic N) is 2. The van der Waals surface area contributed by atoms with Crippen LogP contribution in [0.2, 0.25) is 0 Å². The Morgan fingerprint density at radius 3 is 2.90 bits per heavy atom. The van der Waals surface area contributed by atoms with Crippen molar-refractivity contribution in [3.8, 4) is 5.75 Å². The van der Waals surface area contributed by atoms with Gasteiger partial charge in [-0.05, 0) is 12.1 Å². The zero-order valence-corrected chi connectivity index (χ0v) is 10.7. The zero-order valence-electron chi connectivity index (χ0n) is 10.7. The first-order chi connectivity index (χ1) is 9.74. The molecule has 3 rings (SSSR count). The maximum atomic E-state index is 12.1. The molecule has 6 heteroatoms. The van der Waals surface area contributed by atoms with Crippen LogP contribution in [0.3, 0.4) is 0 Å². The molecule has 1 aliphatic heterocycles. The Balaban J connectivity index is 1.75. The standard InChI is InChI=1S/C14H13N3O3/c18-13-11-8-17(7-6-12(11)15-9-16-13)14(19)20-10-4-2-1-3-5-10/h1-5,9H,6-8H2,(H,15,16,18). The number of hydrogen-bond acceptors (Lipinski definition) is 4. The van der Waals surface area contributed by atoms with Crippen LogP contribution in [0.4, 0.5) is 4.79 Å². The zero-order chi connectivity index (χ0) is 13.9. The summed E-state index contributed by atoms with van der Waals surface area (Å²) < 4.78 is 5.26. The van der Waals surface area contributed by atoms with Crippen molar-refractivity contribution in [2.45, 2.75) is 13.0 Å². The summed E-state index contributed by atoms with van der Waals surface area (Å²) in [6, 6.07) is 8.86. The predicted octanol–water partition coefficient (Wildman–Crippen LogP) is 1.33. The van der Waals surface area contributed by atoms with Crippen molar-refractivity contribution in [1.82, 2.24) is 14.9 Å². The Morgan fingerprint density at radius 1 is 1.30 bits per heavy atom. The van der Waals surface area contributed by atoms with Crippen molar-refractivity contribution < 1.29 is 9.53 Å². The normalized spacial score (nSPS) is 13.7. The second kappa shape index (κ2) is 5.16. The van der Waals surface area contributed by atoms with E-state index in [2.05, 4.69) is 9.97 Å². The first kappa shape index (κ1) is 12.4. The summed E-state index contributed by atoms with van der Waals surface area (Å²) in [6.45, 7) is 0.722. The molecule has 20 heavy (non-hydrogen) atoms. The van der Waals surface area contributed by atoms with Gasteiger partial charge < -0.3 is 14.6 Å². The molecule has 1 aromatic carbocycles. The number of hydrogen-bond donors (Lipinski definition) is 1. The molecule has 0 radical (unpaired) electrons. The molecule has 2 heterocycles. The maximum absolute atomic E-state index is 12.1. The molecule has 0 fully saturated rings. The summed E-state index contributed by atoms with van der Waals surface area (Å²) >= 11 is 0. The van der Waals surface area contributed by atoms with E-state index >= 15 is 0 Å². The molecular weight excluding hydrogens is 258 g/mol. The summed E-state index contributed by atoms with van der Waals surface area (Å²) in [6.07, 6.45) is 1.49. The smallest absolute Gasteiger partial charge is 0.410 e. The van der Waals surface area contributed by atoms with E-state index in [1.54, 1.807) is 24.3 Å². The number of nitrogens with one attached hydrogen (secondary N) is 1. The number of fused-ring (bicyclic) bond motifs is 1. The van der Waals surface area contributed by atoms with Crippen molar-refractivity contribution in [1.29, 1.82) is 0 Å². The average molecular weight is 271 g/mol. The third kappa shape index (κ3) is 2.40. The topological polar surface area (TPSA) is 75.3 Å². The summed E-state index contributed by atoms with van der Waals surface area (Å²) in [5.74, 6) is 0.489. The quantitative estimate of drug-likeness (QED) is 0.849. The number of aromatic amines is 1. The highest BCUT2D eigenvalue weighted by Gasteiger charge is 2.24. The Morgan fingerprint density at radius 2 is 2.10 bits per heavy atom. The maximum Gasteiger partial charge on any atom is 0.415 e. The third-order valence-corrected chi connectivity index (χ3v) is 3.21. The Bertz CT molecular complexity index is 682. The molecule has 0 spiro atoms. The van der Waals surface area contributed by atoms with Crippen molar-refractivity contribution in [3.05, 3.63) is 58.3 Å². The van der Waals surface area contributed by atoms with Gasteiger partial charge in [0, 0.05) is 13.0 Å². The van der Waals surface area contributed by atoms with Crippen LogP contribution in [0, 0.1) is 0 Å². The molecule has 0 unspecified atom stereocenters. The van der Waals surface area contributed by atoms with E-state index in [1.807, 2.05) is 6.07 Å². The van der Waals surface area contributed by atoms with Gasteiger partial charge in [-0.2, -0.15) is 0 Å². The van der Waals surface area contributed by atoms with Gasteiger partial charge in [0.25, 0.3) is 5.56 Å². The van der Waals surface area contributed by atoms with E-state index in [0.29, 0.717) is 24.3 Å². The van der Waals surface area contributed by atoms with Gasteiger partial charge in [0.05, 0.1) is 24.1 Å². The first-order valence-electron chi connectivity index (χ1n) is 6.31. The van der Waals surface area contributed by atoms with E-state index in [1.165, 1.54) is 11.2 Å². The van der Waals surface area contributed by atoms with Gasteiger partial charge in [-0.15, -0.1) is 0 Å². The molecule has 0 bridgehead atoms. The minimum absolute atomic E-state index is 0.202. The third-order valence-electron chi connectivity index (χ3n) is 3.21. The highest BCUT2D eigenvalue weighted by Crippen LogP contribution is 2.16. The van der Waals surface area contributed by atoms with E-state index in [-0.39, 0.29) is 12.1 Å². The van der Waals surface area contributed by atoms with Gasteiger partial charge in [0.1, 0.15) is 5.75 Å². The Kier molecular flexibility index (Phi) is 3.20. The minimum atomic E-state index is -0.454. The lowest BCUT2D eigenvalue weighted by molar-refractivity contribution is 0.146. The molecule has 6 nitrogen and oxygen atoms in total. The lowest BCUT2D eigenvalue weighted by Gasteiger charge is -2.26. The molecule has 0 saturated carbocycles. The Hall–Kier alpha value is -2.63. The molecule has 1 aliphatic rings. The van der Waals surface area contributed by atoms with Crippen molar-refractivity contribution in [3.63, 3.8) is 0 Å². The molecule has 0 saturated heterocycles. The second-order valence-corrected chi connectivity index (χ2v) is 4.51. The summed E-state index contributed by atoms with van der Waals surface area (Å²) in [5.41, 5.74) is 1.08. The number of rotatable bonds is 1. The van der Waals surface area contributed by atoms with Crippen molar-refractivity contribution in [2.24, 2.45) is 0 Å². The number of aromatic nitrogens is 2. The van der Waals surface area contributed by atoms with Gasteiger partial charge in [-0.25, -0.2) is 9.78 Å². The molecule has 2 aromatic rings. The van der Waals surface area contributed by atoms with Crippen LogP contribution in [0.5, 0.6) is 5.75 Å². The molecule has 1 aromatic heterocycles. The second-order valence-electron chi connectivity index (χ2n) is 4.51. The van der Waals surface area contributed by atoms with Gasteiger partial charge in [-0.1, -0.05) is 18.2 Å². The van der Waals surface area contributed by atoms with Crippen LogP contribution in [-0.4, -0.2) is 27.5 Å². The largest absolute Gasteiger partial charge is 0.415 e. The van der Waals surface area contributed by atoms with E-state index < -0.39 is 6.09 Å². The highest BCUT2D eigenvalue weighted by molar-refractivity contribution is 5.71. The molecule has 1 N–H and O–H groups in total. The molecular formula is C14H13N3O3. The number of carbonyl (C=O) groups excluding carboxylic acids is 1. The number of carbonyl (C=O) groups is 1. The summed E-state index contributed by atoms with van der Waals surface area (Å²) in [7, 11) is 0. The Labute approximate surface area is 115 Å². The fraction of sp³-hybridized carbons (Fsp3) is 0.214. The van der Waals surface area contributed by atoms with Gasteiger partial charge in [0.2, 0.25) is 0 Å². The number of amides is 1. The van der Waals surface area contributed by atoms with Crippen LogP contribution in [0.15, 0.2) is 41.5 Å². The van der Waals surface area contributed by atoms with Crippen LogP contribution < -0.4 is 10.3 Å². The van der Waals surface area contributed by atoms with Crippen molar-refractivity contribution >= 4 is 6.09 Å². The highest BCUT2D eigenvalue weighted by atomic mass is 16.6. The summed E-state index contributed by atoms with van der Waals surface area (Å²) in [5, 5.41) is 0. The van der Waals surface area contributed by atoms with Crippen LogP contribution in [0.1, 0.15) is 11.3 Å². The number of benzene rings is 1. The fourth-order valence-corrected chi connectivity index (χ4v) is 2.16. The van der Waals surface area contributed by atoms with Crippen molar-refractivity contribution in [2.75, 3.05) is 6.54 Å². The minimum Gasteiger partial charge on any atom is -0.410 e. The fourth-order valence-electron chi connectivity index (χ4n) is 2.16. The average Bonchev–Trinajstić information content (AvgIpc) is 2.48. The van der Waals surface area contributed by atoms with E-state index in [0.717, 1.165) is 5.69 Å². The molecule has 0 aliphatic carbocycles. The lowest BCUT2D eigenvalue weighted by Crippen LogP contribution is -2.40. The first-order valence-corrected chi connectivity index (χ1v) is 6.31. The van der Waals surface area contributed by atoms with Gasteiger partial charge >= 0.3 is 6.09 Å². The number of ether oxygens (including phenoxy) is 1. The van der Waals surface area contributed by atoms with Gasteiger partial charge in [-0.3, -0.25) is 4.79 Å². The number of H-pyrrole nitrogens is 1. The van der Waals surface area contributed by atoms with Gasteiger partial charge in [0.15, 0.2) is 0 Å². The van der Waals surface area contributed by atoms with E-state index in [9.17, 15) is 9.59 Å². The van der Waals surface area contributed by atoms with Crippen LogP contribution >= 0.6 is 0 Å². The van der Waals surface area contributed by atoms with E-state index in [4.69, 9.17) is 4.74 Å². The predicted molar refractivity (Wildman–Crippen MR) is 71.4 cm³/mol. The summed E-state index contributed by atoms with van der Waals surface area (Å²) in [4.78, 5) is 31.9. The molecule has 102 valence electrons.